The molecule has 7 nitrogen and oxygen atoms in total. The molecule has 9 heteroatoms. The van der Waals surface area contributed by atoms with E-state index in [0.29, 0.717) is 27.4 Å². The molecule has 1 amide bonds. The molecule has 0 bridgehead atoms. The molecule has 0 aliphatic rings. The third-order valence-corrected chi connectivity index (χ3v) is 5.15. The SMILES string of the molecule is COc1cc(NC(=O)CSc2nncn2-c2ccc(C)cc2)c(OC)cc1Cl. The maximum atomic E-state index is 12.4. The molecule has 0 atom stereocenters. The van der Waals surface area contributed by atoms with Gasteiger partial charge in [-0.05, 0) is 19.1 Å². The molecule has 0 unspecified atom stereocenters. The molecule has 0 aliphatic heterocycles. The van der Waals surface area contributed by atoms with E-state index in [4.69, 9.17) is 21.1 Å². The van der Waals surface area contributed by atoms with Crippen LogP contribution in [0.25, 0.3) is 5.69 Å². The van der Waals surface area contributed by atoms with Gasteiger partial charge in [-0.25, -0.2) is 0 Å². The number of rotatable bonds is 7. The van der Waals surface area contributed by atoms with Gasteiger partial charge in [0.15, 0.2) is 5.16 Å². The van der Waals surface area contributed by atoms with Gasteiger partial charge >= 0.3 is 0 Å². The number of carbonyl (C=O) groups is 1. The first-order valence-corrected chi connectivity index (χ1v) is 9.69. The molecule has 0 aliphatic carbocycles. The number of hydrogen-bond acceptors (Lipinski definition) is 6. The number of aryl methyl sites for hydroxylation is 1. The molecule has 3 aromatic rings. The smallest absolute Gasteiger partial charge is 0.234 e. The Bertz CT molecular complexity index is 976. The zero-order valence-corrected chi connectivity index (χ0v) is 17.2. The first-order valence-electron chi connectivity index (χ1n) is 8.33. The fraction of sp³-hybridized carbons (Fsp3) is 0.211. The number of nitrogens with zero attached hydrogens (tertiary/aromatic N) is 3. The van der Waals surface area contributed by atoms with E-state index in [0.717, 1.165) is 11.3 Å². The minimum Gasteiger partial charge on any atom is -0.495 e. The molecule has 1 heterocycles. The first kappa shape index (κ1) is 20.0. The normalized spacial score (nSPS) is 10.6. The average Bonchev–Trinajstić information content (AvgIpc) is 3.16. The van der Waals surface area contributed by atoms with E-state index in [1.165, 1.54) is 26.0 Å². The molecule has 0 radical (unpaired) electrons. The Morgan fingerprint density at radius 2 is 1.89 bits per heavy atom. The number of anilines is 1. The summed E-state index contributed by atoms with van der Waals surface area (Å²) in [4.78, 5) is 12.4. The van der Waals surface area contributed by atoms with Gasteiger partial charge in [0.2, 0.25) is 5.91 Å². The Hall–Kier alpha value is -2.71. The van der Waals surface area contributed by atoms with Crippen LogP contribution < -0.4 is 14.8 Å². The van der Waals surface area contributed by atoms with Crippen LogP contribution in [-0.2, 0) is 4.79 Å². The number of ether oxygens (including phenoxy) is 2. The Labute approximate surface area is 172 Å². The van der Waals surface area contributed by atoms with E-state index in [1.807, 2.05) is 35.8 Å². The van der Waals surface area contributed by atoms with Crippen LogP contribution in [0.3, 0.4) is 0 Å². The van der Waals surface area contributed by atoms with Gasteiger partial charge in [0.1, 0.15) is 17.8 Å². The van der Waals surface area contributed by atoms with Crippen LogP contribution in [0.5, 0.6) is 11.5 Å². The number of halogens is 1. The molecule has 0 saturated carbocycles. The summed E-state index contributed by atoms with van der Waals surface area (Å²) in [5.74, 6) is 0.834. The van der Waals surface area contributed by atoms with Crippen molar-refractivity contribution in [3.05, 3.63) is 53.3 Å². The number of nitrogens with one attached hydrogen (secondary N) is 1. The number of hydrogen-bond donors (Lipinski definition) is 1. The molecule has 146 valence electrons. The Morgan fingerprint density at radius 3 is 2.57 bits per heavy atom. The van der Waals surface area contributed by atoms with Crippen molar-refractivity contribution in [2.45, 2.75) is 12.1 Å². The van der Waals surface area contributed by atoms with Crippen LogP contribution in [0.4, 0.5) is 5.69 Å². The highest BCUT2D eigenvalue weighted by atomic mass is 35.5. The van der Waals surface area contributed by atoms with Gasteiger partial charge < -0.3 is 14.8 Å². The summed E-state index contributed by atoms with van der Waals surface area (Å²) < 4.78 is 12.3. The van der Waals surface area contributed by atoms with Gasteiger partial charge in [0, 0.05) is 17.8 Å². The Kier molecular flexibility index (Phi) is 6.43. The van der Waals surface area contributed by atoms with E-state index in [2.05, 4.69) is 15.5 Å². The fourth-order valence-electron chi connectivity index (χ4n) is 2.48. The number of benzene rings is 2. The van der Waals surface area contributed by atoms with Crippen LogP contribution in [0.1, 0.15) is 5.56 Å². The topological polar surface area (TPSA) is 78.3 Å². The number of amides is 1. The molecule has 2 aromatic carbocycles. The van der Waals surface area contributed by atoms with Crippen molar-refractivity contribution in [1.29, 1.82) is 0 Å². The van der Waals surface area contributed by atoms with Crippen molar-refractivity contribution in [1.82, 2.24) is 14.8 Å². The maximum Gasteiger partial charge on any atom is 0.234 e. The number of carbonyl (C=O) groups excluding carboxylic acids is 1. The van der Waals surface area contributed by atoms with E-state index in [-0.39, 0.29) is 11.7 Å². The third-order valence-electron chi connectivity index (χ3n) is 3.91. The zero-order chi connectivity index (χ0) is 20.1. The van der Waals surface area contributed by atoms with Gasteiger partial charge in [-0.15, -0.1) is 10.2 Å². The number of aromatic nitrogens is 3. The molecule has 28 heavy (non-hydrogen) atoms. The lowest BCUT2D eigenvalue weighted by atomic mass is 10.2. The minimum absolute atomic E-state index is 0.151. The predicted octanol–water partition coefficient (Wildman–Crippen LogP) is 3.98. The monoisotopic (exact) mass is 418 g/mol. The molecule has 0 saturated heterocycles. The van der Waals surface area contributed by atoms with Gasteiger partial charge in [-0.3, -0.25) is 9.36 Å². The Balaban J connectivity index is 1.69. The van der Waals surface area contributed by atoms with Crippen molar-refractivity contribution in [2.24, 2.45) is 0 Å². The lowest BCUT2D eigenvalue weighted by Gasteiger charge is -2.13. The quantitative estimate of drug-likeness (QED) is 0.585. The second-order valence-electron chi connectivity index (χ2n) is 5.84. The van der Waals surface area contributed by atoms with Crippen LogP contribution in [-0.4, -0.2) is 40.6 Å². The summed E-state index contributed by atoms with van der Waals surface area (Å²) >= 11 is 7.38. The molecule has 0 fully saturated rings. The van der Waals surface area contributed by atoms with Crippen LogP contribution in [0.2, 0.25) is 5.02 Å². The molecule has 3 rings (SSSR count). The predicted molar refractivity (Wildman–Crippen MR) is 110 cm³/mol. The van der Waals surface area contributed by atoms with Crippen LogP contribution in [0.15, 0.2) is 47.9 Å². The van der Waals surface area contributed by atoms with Gasteiger partial charge in [-0.1, -0.05) is 41.1 Å². The van der Waals surface area contributed by atoms with Crippen molar-refractivity contribution >= 4 is 35.0 Å². The first-order chi connectivity index (χ1) is 13.5. The molecular formula is C19H19ClN4O3S. The molecule has 1 N–H and O–H groups in total. The van der Waals surface area contributed by atoms with E-state index < -0.39 is 0 Å². The van der Waals surface area contributed by atoms with Crippen molar-refractivity contribution in [2.75, 3.05) is 25.3 Å². The van der Waals surface area contributed by atoms with Gasteiger partial charge in [0.05, 0.1) is 30.7 Å². The molecule has 1 aromatic heterocycles. The lowest BCUT2D eigenvalue weighted by Crippen LogP contribution is -2.15. The van der Waals surface area contributed by atoms with E-state index in [1.54, 1.807) is 18.5 Å². The van der Waals surface area contributed by atoms with Crippen molar-refractivity contribution in [3.63, 3.8) is 0 Å². The lowest BCUT2D eigenvalue weighted by molar-refractivity contribution is -0.113. The van der Waals surface area contributed by atoms with E-state index >= 15 is 0 Å². The largest absolute Gasteiger partial charge is 0.495 e. The molecular weight excluding hydrogens is 400 g/mol. The standard InChI is InChI=1S/C19H19ClN4O3S/c1-12-4-6-13(7-5-12)24-11-21-23-19(24)28-10-18(25)22-15-9-16(26-2)14(20)8-17(15)27-3/h4-9,11H,10H2,1-3H3,(H,22,25). The highest BCUT2D eigenvalue weighted by Crippen LogP contribution is 2.36. The summed E-state index contributed by atoms with van der Waals surface area (Å²) in [6.07, 6.45) is 1.62. The van der Waals surface area contributed by atoms with Gasteiger partial charge in [0.25, 0.3) is 0 Å². The summed E-state index contributed by atoms with van der Waals surface area (Å²) in [6, 6.07) is 11.2. The van der Waals surface area contributed by atoms with Crippen molar-refractivity contribution in [3.8, 4) is 17.2 Å². The highest BCUT2D eigenvalue weighted by Gasteiger charge is 2.14. The maximum absolute atomic E-state index is 12.4. The van der Waals surface area contributed by atoms with E-state index in [9.17, 15) is 4.79 Å². The van der Waals surface area contributed by atoms with Gasteiger partial charge in [-0.2, -0.15) is 0 Å². The summed E-state index contributed by atoms with van der Waals surface area (Å²) in [6.45, 7) is 2.02. The number of methoxy groups -OCH3 is 2. The average molecular weight is 419 g/mol. The molecule has 0 spiro atoms. The second kappa shape index (κ2) is 8.99. The van der Waals surface area contributed by atoms with Crippen molar-refractivity contribution < 1.29 is 14.3 Å². The summed E-state index contributed by atoms with van der Waals surface area (Å²) in [7, 11) is 3.01. The second-order valence-corrected chi connectivity index (χ2v) is 7.19. The number of thioether (sulfide) groups is 1. The summed E-state index contributed by atoms with van der Waals surface area (Å²) in [5, 5.41) is 11.9. The Morgan fingerprint density at radius 1 is 1.18 bits per heavy atom. The highest BCUT2D eigenvalue weighted by molar-refractivity contribution is 7.99. The zero-order valence-electron chi connectivity index (χ0n) is 15.6. The fourth-order valence-corrected chi connectivity index (χ4v) is 3.44. The van der Waals surface area contributed by atoms with Crippen LogP contribution in [0, 0.1) is 6.92 Å². The third kappa shape index (κ3) is 4.58. The van der Waals surface area contributed by atoms with Crippen LogP contribution >= 0.6 is 23.4 Å². The minimum atomic E-state index is -0.217. The summed E-state index contributed by atoms with van der Waals surface area (Å²) in [5.41, 5.74) is 2.58.